The van der Waals surface area contributed by atoms with Crippen LogP contribution in [0.3, 0.4) is 0 Å². The molecule has 5 rings (SSSR count). The molecule has 206 valence electrons. The minimum Gasteiger partial charge on any atom is -0.318 e. The van der Waals surface area contributed by atoms with Crippen LogP contribution >= 0.6 is 24.0 Å². The van der Waals surface area contributed by atoms with Crippen LogP contribution in [-0.2, 0) is 9.59 Å². The second-order valence-corrected chi connectivity index (χ2v) is 11.3. The normalized spacial score (nSPS) is 14.5. The maximum Gasteiger partial charge on any atom is 0.270 e. The number of nitrogens with one attached hydrogen (secondary N) is 1. The zero-order chi connectivity index (χ0) is 29.4. The Kier molecular flexibility index (Phi) is 7.61. The molecule has 0 saturated carbocycles. The van der Waals surface area contributed by atoms with E-state index in [0.717, 1.165) is 43.6 Å². The Hall–Kier alpha value is -4.54. The highest BCUT2D eigenvalue weighted by Gasteiger charge is 2.35. The van der Waals surface area contributed by atoms with Gasteiger partial charge in [0.2, 0.25) is 0 Å². The van der Waals surface area contributed by atoms with E-state index < -0.39 is 16.7 Å². The summed E-state index contributed by atoms with van der Waals surface area (Å²) in [5.41, 5.74) is 6.04. The lowest BCUT2D eigenvalue weighted by Gasteiger charge is -2.30. The van der Waals surface area contributed by atoms with Gasteiger partial charge < -0.3 is 4.57 Å². The molecule has 41 heavy (non-hydrogen) atoms. The van der Waals surface area contributed by atoms with Crippen LogP contribution in [0.1, 0.15) is 28.1 Å². The number of amides is 2. The molecule has 0 radical (unpaired) electrons. The van der Waals surface area contributed by atoms with Crippen LogP contribution in [0.2, 0.25) is 0 Å². The van der Waals surface area contributed by atoms with E-state index in [-0.39, 0.29) is 16.4 Å². The van der Waals surface area contributed by atoms with Gasteiger partial charge in [-0.05, 0) is 111 Å². The van der Waals surface area contributed by atoms with Crippen LogP contribution in [0.4, 0.5) is 11.4 Å². The number of carbonyl (C=O) groups is 2. The van der Waals surface area contributed by atoms with Crippen molar-refractivity contribution >= 4 is 58.4 Å². The minimum atomic E-state index is -0.529. The number of aromatic nitrogens is 1. The summed E-state index contributed by atoms with van der Waals surface area (Å²) in [4.78, 5) is 40.2. The number of rotatable bonds is 6. The van der Waals surface area contributed by atoms with Crippen LogP contribution in [0.25, 0.3) is 11.8 Å². The predicted octanol–water partition coefficient (Wildman–Crippen LogP) is 6.60. The molecule has 8 nitrogen and oxygen atoms in total. The minimum absolute atomic E-state index is 0.00889. The number of nitro groups is 1. The third-order valence-electron chi connectivity index (χ3n) is 6.86. The van der Waals surface area contributed by atoms with Gasteiger partial charge in [-0.25, -0.2) is 0 Å². The Morgan fingerprint density at radius 3 is 2.17 bits per heavy atom. The van der Waals surface area contributed by atoms with Crippen LogP contribution < -0.4 is 10.2 Å². The number of aryl methyl sites for hydroxylation is 3. The second kappa shape index (κ2) is 11.1. The quantitative estimate of drug-likeness (QED) is 0.0904. The van der Waals surface area contributed by atoms with E-state index in [1.54, 1.807) is 18.2 Å². The highest BCUT2D eigenvalue weighted by atomic mass is 32.2. The van der Waals surface area contributed by atoms with E-state index in [1.807, 2.05) is 76.2 Å². The number of hydrogen-bond donors (Lipinski definition) is 1. The van der Waals surface area contributed by atoms with Crippen molar-refractivity contribution in [1.29, 1.82) is 0 Å². The standard InChI is InChI=1S/C31H26N4O4S2/c1-18-5-6-19(2)28(15-18)34-30(37)27(29(36)32-31(34)40)17-22-16-20(3)33(21(22)4)23-7-11-25(12-8-23)41-26-13-9-24(10-14-26)35(38)39/h5-17H,1-4H3,(H,32,36,40)/b27-17+. The average Bonchev–Trinajstić information content (AvgIpc) is 3.21. The molecule has 0 aliphatic carbocycles. The molecule has 2 heterocycles. The molecule has 0 spiro atoms. The lowest BCUT2D eigenvalue weighted by atomic mass is 10.0. The number of hydrogen-bond acceptors (Lipinski definition) is 6. The van der Waals surface area contributed by atoms with Crippen molar-refractivity contribution in [1.82, 2.24) is 9.88 Å². The number of nitrogens with zero attached hydrogens (tertiary/aromatic N) is 3. The molecule has 0 bridgehead atoms. The van der Waals surface area contributed by atoms with Gasteiger partial charge in [0.1, 0.15) is 5.57 Å². The Bertz CT molecular complexity index is 1760. The molecular formula is C31H26N4O4S2. The van der Waals surface area contributed by atoms with Crippen molar-refractivity contribution in [3.05, 3.63) is 117 Å². The summed E-state index contributed by atoms with van der Waals surface area (Å²) in [5, 5.41) is 13.6. The number of anilines is 1. The Balaban J connectivity index is 1.42. The van der Waals surface area contributed by atoms with Crippen LogP contribution in [-0.4, -0.2) is 26.4 Å². The molecular weight excluding hydrogens is 556 g/mol. The fraction of sp³-hybridized carbons (Fsp3) is 0.129. The van der Waals surface area contributed by atoms with Gasteiger partial charge in [-0.2, -0.15) is 0 Å². The van der Waals surface area contributed by atoms with Gasteiger partial charge in [0.25, 0.3) is 17.5 Å². The number of nitro benzene ring substituents is 1. The van der Waals surface area contributed by atoms with Gasteiger partial charge in [-0.3, -0.25) is 29.9 Å². The van der Waals surface area contributed by atoms with Crippen molar-refractivity contribution in [2.24, 2.45) is 0 Å². The summed E-state index contributed by atoms with van der Waals surface area (Å²) in [5.74, 6) is -0.996. The third-order valence-corrected chi connectivity index (χ3v) is 8.16. The second-order valence-electron chi connectivity index (χ2n) is 9.76. The maximum absolute atomic E-state index is 13.6. The SMILES string of the molecule is Cc1ccc(C)c(N2C(=O)/C(=C/c3cc(C)n(-c4ccc(Sc5ccc([N+](=O)[O-])cc5)cc4)c3C)C(=O)NC2=S)c1. The molecule has 3 aromatic carbocycles. The highest BCUT2D eigenvalue weighted by Crippen LogP contribution is 2.32. The average molecular weight is 583 g/mol. The molecule has 0 atom stereocenters. The Morgan fingerprint density at radius 1 is 0.902 bits per heavy atom. The molecule has 1 aromatic heterocycles. The lowest BCUT2D eigenvalue weighted by molar-refractivity contribution is -0.384. The zero-order valence-electron chi connectivity index (χ0n) is 22.8. The van der Waals surface area contributed by atoms with Gasteiger partial charge >= 0.3 is 0 Å². The highest BCUT2D eigenvalue weighted by molar-refractivity contribution is 7.99. The smallest absolute Gasteiger partial charge is 0.270 e. The summed E-state index contributed by atoms with van der Waals surface area (Å²) >= 11 is 6.89. The maximum atomic E-state index is 13.6. The number of non-ortho nitro benzene ring substituents is 1. The third kappa shape index (κ3) is 5.57. The first-order valence-corrected chi connectivity index (χ1v) is 14.0. The first-order valence-electron chi connectivity index (χ1n) is 12.7. The zero-order valence-corrected chi connectivity index (χ0v) is 24.4. The van der Waals surface area contributed by atoms with Crippen molar-refractivity contribution in [3.8, 4) is 5.69 Å². The molecule has 0 unspecified atom stereocenters. The monoisotopic (exact) mass is 582 g/mol. The van der Waals surface area contributed by atoms with Gasteiger partial charge in [-0.1, -0.05) is 23.9 Å². The largest absolute Gasteiger partial charge is 0.318 e. The van der Waals surface area contributed by atoms with Crippen molar-refractivity contribution in [2.75, 3.05) is 4.90 Å². The first-order chi connectivity index (χ1) is 19.5. The van der Waals surface area contributed by atoms with Crippen molar-refractivity contribution in [2.45, 2.75) is 37.5 Å². The van der Waals surface area contributed by atoms with Gasteiger partial charge in [-0.15, -0.1) is 0 Å². The van der Waals surface area contributed by atoms with E-state index >= 15 is 0 Å². The van der Waals surface area contributed by atoms with E-state index in [0.29, 0.717) is 5.69 Å². The van der Waals surface area contributed by atoms with E-state index in [4.69, 9.17) is 12.2 Å². The number of thiocarbonyl (C=S) groups is 1. The Morgan fingerprint density at radius 2 is 1.54 bits per heavy atom. The number of carbonyl (C=O) groups excluding carboxylic acids is 2. The molecule has 1 aliphatic heterocycles. The van der Waals surface area contributed by atoms with E-state index in [9.17, 15) is 19.7 Å². The lowest BCUT2D eigenvalue weighted by Crippen LogP contribution is -2.54. The van der Waals surface area contributed by atoms with Crippen LogP contribution in [0.5, 0.6) is 0 Å². The van der Waals surface area contributed by atoms with Gasteiger partial charge in [0.15, 0.2) is 5.11 Å². The van der Waals surface area contributed by atoms with Crippen molar-refractivity contribution in [3.63, 3.8) is 0 Å². The fourth-order valence-electron chi connectivity index (χ4n) is 4.76. The predicted molar refractivity (Wildman–Crippen MR) is 165 cm³/mol. The first kappa shape index (κ1) is 28.0. The molecule has 1 N–H and O–H groups in total. The molecule has 1 aliphatic rings. The van der Waals surface area contributed by atoms with E-state index in [1.165, 1.54) is 28.8 Å². The molecule has 10 heteroatoms. The van der Waals surface area contributed by atoms with Crippen molar-refractivity contribution < 1.29 is 14.5 Å². The molecule has 1 fully saturated rings. The summed E-state index contributed by atoms with van der Waals surface area (Å²) in [6.45, 7) is 7.74. The molecule has 2 amide bonds. The van der Waals surface area contributed by atoms with E-state index in [2.05, 4.69) is 9.88 Å². The molecule has 4 aromatic rings. The Labute approximate surface area is 246 Å². The summed E-state index contributed by atoms with van der Waals surface area (Å²) in [7, 11) is 0. The summed E-state index contributed by atoms with van der Waals surface area (Å²) in [6.07, 6.45) is 1.62. The number of benzene rings is 3. The van der Waals surface area contributed by atoms with Crippen LogP contribution in [0.15, 0.2) is 88.2 Å². The molecule has 1 saturated heterocycles. The van der Waals surface area contributed by atoms with Crippen LogP contribution in [0, 0.1) is 37.8 Å². The van der Waals surface area contributed by atoms with Gasteiger partial charge in [0, 0.05) is 39.0 Å². The topological polar surface area (TPSA) is 97.5 Å². The van der Waals surface area contributed by atoms with Gasteiger partial charge in [0.05, 0.1) is 10.6 Å². The summed E-state index contributed by atoms with van der Waals surface area (Å²) < 4.78 is 2.06. The fourth-order valence-corrected chi connectivity index (χ4v) is 5.85. The summed E-state index contributed by atoms with van der Waals surface area (Å²) in [6, 6.07) is 22.1.